The Hall–Kier alpha value is -3.67. The van der Waals surface area contributed by atoms with Gasteiger partial charge >= 0.3 is 0 Å². The van der Waals surface area contributed by atoms with Crippen LogP contribution in [-0.2, 0) is 15.8 Å². The summed E-state index contributed by atoms with van der Waals surface area (Å²) in [5.41, 5.74) is 1.81. The summed E-state index contributed by atoms with van der Waals surface area (Å²) in [7, 11) is -1.75. The van der Waals surface area contributed by atoms with Crippen LogP contribution in [0.3, 0.4) is 0 Å². The average Bonchev–Trinajstić information content (AvgIpc) is 3.36. The maximum absolute atomic E-state index is 13.3. The zero-order chi connectivity index (χ0) is 27.6. The molecule has 1 amide bonds. The van der Waals surface area contributed by atoms with Crippen molar-refractivity contribution in [2.24, 2.45) is 0 Å². The van der Waals surface area contributed by atoms with Gasteiger partial charge in [-0.25, -0.2) is 12.4 Å². The van der Waals surface area contributed by atoms with E-state index in [0.717, 1.165) is 17.1 Å². The number of hydrogen-bond donors (Lipinski definition) is 1. The lowest BCUT2D eigenvalue weighted by Crippen LogP contribution is -2.47. The smallest absolute Gasteiger partial charge is 0.253 e. The maximum Gasteiger partial charge on any atom is 0.253 e. The van der Waals surface area contributed by atoms with Gasteiger partial charge in [-0.15, -0.1) is 0 Å². The van der Waals surface area contributed by atoms with Gasteiger partial charge in [0.2, 0.25) is 21.9 Å². The van der Waals surface area contributed by atoms with E-state index in [4.69, 9.17) is 16.3 Å². The zero-order valence-corrected chi connectivity index (χ0v) is 23.2. The molecule has 0 aliphatic carbocycles. The molecule has 5 rings (SSSR count). The van der Waals surface area contributed by atoms with E-state index in [1.807, 2.05) is 24.9 Å². The lowest BCUT2D eigenvalue weighted by atomic mass is 10.1. The molecule has 1 aliphatic rings. The van der Waals surface area contributed by atoms with E-state index in [-0.39, 0.29) is 29.1 Å². The summed E-state index contributed by atoms with van der Waals surface area (Å²) in [4.78, 5) is 25.9. The quantitative estimate of drug-likeness (QED) is 0.340. The van der Waals surface area contributed by atoms with Crippen LogP contribution in [0.2, 0.25) is 5.02 Å². The molecule has 12 heteroatoms. The number of carbonyl (C=O) groups excluding carboxylic acids is 1. The number of likely N-dealkylation sites (N-methyl/N-ethyl adjacent to an activating group) is 1. The number of halogens is 1. The molecule has 0 spiro atoms. The van der Waals surface area contributed by atoms with Gasteiger partial charge in [-0.05, 0) is 43.8 Å². The van der Waals surface area contributed by atoms with Crippen LogP contribution in [0.15, 0.2) is 60.8 Å². The number of amides is 1. The van der Waals surface area contributed by atoms with E-state index < -0.39 is 10.0 Å². The molecule has 2 aromatic carbocycles. The Bertz CT molecular complexity index is 1600. The first kappa shape index (κ1) is 26.9. The third kappa shape index (κ3) is 5.85. The second kappa shape index (κ2) is 11.2. The van der Waals surface area contributed by atoms with Crippen LogP contribution in [0.5, 0.6) is 5.88 Å². The third-order valence-electron chi connectivity index (χ3n) is 6.50. The Morgan fingerprint density at radius 1 is 1.05 bits per heavy atom. The SMILES string of the molecule is CCOc1nc(Nc2ccc(C(=O)N3CCN(C)CC3)cc2Cl)nc2c1ccn2S(=O)(=O)Cc1ccccc1. The number of hydrogen-bond acceptors (Lipinski definition) is 8. The molecular formula is C27H29ClN6O4S. The van der Waals surface area contributed by atoms with Gasteiger partial charge in [0, 0.05) is 37.9 Å². The Balaban J connectivity index is 1.44. The molecule has 1 fully saturated rings. The highest BCUT2D eigenvalue weighted by Crippen LogP contribution is 2.31. The van der Waals surface area contributed by atoms with E-state index in [1.165, 1.54) is 6.20 Å². The van der Waals surface area contributed by atoms with Gasteiger partial charge in [0.1, 0.15) is 0 Å². The number of ether oxygens (including phenoxy) is 1. The maximum atomic E-state index is 13.3. The number of nitrogens with zero attached hydrogens (tertiary/aromatic N) is 5. The number of anilines is 2. The number of nitrogens with one attached hydrogen (secondary N) is 1. The summed E-state index contributed by atoms with van der Waals surface area (Å²) in [6.45, 7) is 5.12. The van der Waals surface area contributed by atoms with Crippen LogP contribution in [0.1, 0.15) is 22.8 Å². The first-order valence-corrected chi connectivity index (χ1v) is 14.6. The van der Waals surface area contributed by atoms with Crippen molar-refractivity contribution in [3.05, 3.63) is 76.9 Å². The average molecular weight is 569 g/mol. The number of carbonyl (C=O) groups is 1. The minimum atomic E-state index is -3.78. The molecule has 4 aromatic rings. The molecular weight excluding hydrogens is 540 g/mol. The van der Waals surface area contributed by atoms with Gasteiger partial charge in [-0.2, -0.15) is 9.97 Å². The molecule has 2 aromatic heterocycles. The summed E-state index contributed by atoms with van der Waals surface area (Å²) in [6, 6.07) is 15.6. The van der Waals surface area contributed by atoms with Crippen LogP contribution >= 0.6 is 11.6 Å². The van der Waals surface area contributed by atoms with Gasteiger partial charge in [0.15, 0.2) is 5.65 Å². The Labute approximate surface area is 232 Å². The number of rotatable bonds is 8. The van der Waals surface area contributed by atoms with Crippen molar-refractivity contribution in [2.75, 3.05) is 45.2 Å². The second-order valence-corrected chi connectivity index (χ2v) is 11.5. The van der Waals surface area contributed by atoms with Crippen molar-refractivity contribution < 1.29 is 17.9 Å². The molecule has 0 bridgehead atoms. The van der Waals surface area contributed by atoms with Crippen molar-refractivity contribution in [1.82, 2.24) is 23.7 Å². The molecule has 0 atom stereocenters. The normalized spacial score (nSPS) is 14.5. The first-order chi connectivity index (χ1) is 18.7. The van der Waals surface area contributed by atoms with Gasteiger partial charge < -0.3 is 19.9 Å². The number of aromatic nitrogens is 3. The molecule has 39 heavy (non-hydrogen) atoms. The predicted molar refractivity (Wildman–Crippen MR) is 151 cm³/mol. The minimum Gasteiger partial charge on any atom is -0.477 e. The second-order valence-electron chi connectivity index (χ2n) is 9.29. The molecule has 204 valence electrons. The van der Waals surface area contributed by atoms with Crippen molar-refractivity contribution in [1.29, 1.82) is 0 Å². The van der Waals surface area contributed by atoms with Crippen LogP contribution < -0.4 is 10.1 Å². The molecule has 10 nitrogen and oxygen atoms in total. The standard InChI is InChI=1S/C27H29ClN6O4S/c1-3-38-25-21-11-12-34(39(36,37)18-19-7-5-4-6-8-19)24(21)30-27(31-25)29-23-10-9-20(17-22(23)28)26(35)33-15-13-32(2)14-16-33/h4-12,17H,3,13-16,18H2,1-2H3,(H,29,30,31). The minimum absolute atomic E-state index is 0.0747. The van der Waals surface area contributed by atoms with Crippen LogP contribution in [0.4, 0.5) is 11.6 Å². The monoisotopic (exact) mass is 568 g/mol. The van der Waals surface area contributed by atoms with Crippen LogP contribution in [0, 0.1) is 0 Å². The lowest BCUT2D eigenvalue weighted by Gasteiger charge is -2.32. The Morgan fingerprint density at radius 2 is 1.79 bits per heavy atom. The summed E-state index contributed by atoms with van der Waals surface area (Å²) < 4.78 is 33.5. The van der Waals surface area contributed by atoms with Gasteiger partial charge in [-0.3, -0.25) is 4.79 Å². The number of benzene rings is 2. The van der Waals surface area contributed by atoms with E-state index in [2.05, 4.69) is 20.2 Å². The van der Waals surface area contributed by atoms with Crippen molar-refractivity contribution in [3.8, 4) is 5.88 Å². The molecule has 0 saturated carbocycles. The third-order valence-corrected chi connectivity index (χ3v) is 8.41. The highest BCUT2D eigenvalue weighted by molar-refractivity contribution is 7.89. The van der Waals surface area contributed by atoms with Crippen molar-refractivity contribution in [2.45, 2.75) is 12.7 Å². The molecule has 3 heterocycles. The molecule has 1 N–H and O–H groups in total. The van der Waals surface area contributed by atoms with E-state index >= 15 is 0 Å². The highest BCUT2D eigenvalue weighted by atomic mass is 35.5. The molecule has 0 unspecified atom stereocenters. The van der Waals surface area contributed by atoms with Gasteiger partial charge in [0.25, 0.3) is 5.91 Å². The predicted octanol–water partition coefficient (Wildman–Crippen LogP) is 3.99. The van der Waals surface area contributed by atoms with Crippen molar-refractivity contribution in [3.63, 3.8) is 0 Å². The van der Waals surface area contributed by atoms with E-state index in [1.54, 1.807) is 48.5 Å². The van der Waals surface area contributed by atoms with Crippen LogP contribution in [0.25, 0.3) is 11.0 Å². The Kier molecular flexibility index (Phi) is 7.74. The van der Waals surface area contributed by atoms with E-state index in [9.17, 15) is 13.2 Å². The summed E-state index contributed by atoms with van der Waals surface area (Å²) in [5, 5.41) is 3.84. The van der Waals surface area contributed by atoms with Crippen molar-refractivity contribution >= 4 is 50.2 Å². The highest BCUT2D eigenvalue weighted by Gasteiger charge is 2.23. The molecule has 0 radical (unpaired) electrons. The summed E-state index contributed by atoms with van der Waals surface area (Å²) in [6.07, 6.45) is 1.45. The first-order valence-electron chi connectivity index (χ1n) is 12.6. The summed E-state index contributed by atoms with van der Waals surface area (Å²) >= 11 is 6.55. The fourth-order valence-electron chi connectivity index (χ4n) is 4.41. The molecule has 1 saturated heterocycles. The van der Waals surface area contributed by atoms with Gasteiger partial charge in [0.05, 0.1) is 28.5 Å². The lowest BCUT2D eigenvalue weighted by molar-refractivity contribution is 0.0664. The largest absolute Gasteiger partial charge is 0.477 e. The van der Waals surface area contributed by atoms with Crippen LogP contribution in [-0.4, -0.2) is 77.9 Å². The zero-order valence-electron chi connectivity index (χ0n) is 21.7. The fourth-order valence-corrected chi connectivity index (χ4v) is 6.04. The topological polar surface area (TPSA) is 110 Å². The van der Waals surface area contributed by atoms with Gasteiger partial charge in [-0.1, -0.05) is 41.9 Å². The Morgan fingerprint density at radius 3 is 2.49 bits per heavy atom. The number of fused-ring (bicyclic) bond motifs is 1. The van der Waals surface area contributed by atoms with E-state index in [0.29, 0.717) is 46.9 Å². The fraction of sp³-hybridized carbons (Fsp3) is 0.296. The molecule has 1 aliphatic heterocycles. The summed E-state index contributed by atoms with van der Waals surface area (Å²) in [5.74, 6) is 0.0926. The number of piperazine rings is 1.